The zero-order valence-electron chi connectivity index (χ0n) is 9.27. The number of allylic oxidation sites excluding steroid dienone is 2. The van der Waals surface area contributed by atoms with E-state index >= 15 is 0 Å². The normalized spacial score (nSPS) is 25.7. The third-order valence-electron chi connectivity index (χ3n) is 3.56. The molecule has 2 rings (SSSR count). The van der Waals surface area contributed by atoms with Crippen LogP contribution >= 0.6 is 0 Å². The van der Waals surface area contributed by atoms with E-state index in [1.807, 2.05) is 0 Å². The Morgan fingerprint density at radius 3 is 2.29 bits per heavy atom. The molecule has 0 bridgehead atoms. The molecule has 2 heteroatoms. The van der Waals surface area contributed by atoms with Crippen LogP contribution in [0.3, 0.4) is 0 Å². The largest absolute Gasteiger partial charge is 0.348 e. The molecule has 1 aliphatic carbocycles. The molecular weight excluding hydrogens is 176 g/mol. The van der Waals surface area contributed by atoms with Crippen LogP contribution in [-0.2, 0) is 9.47 Å². The Morgan fingerprint density at radius 2 is 1.79 bits per heavy atom. The lowest BCUT2D eigenvalue weighted by Crippen LogP contribution is -2.33. The summed E-state index contributed by atoms with van der Waals surface area (Å²) in [5.74, 6) is -0.197. The molecule has 2 fully saturated rings. The molecule has 1 heterocycles. The minimum atomic E-state index is -0.197. The average molecular weight is 196 g/mol. The Balaban J connectivity index is 1.98. The summed E-state index contributed by atoms with van der Waals surface area (Å²) in [7, 11) is 0. The SMILES string of the molecule is CCC(C)=C1CCC2(CC1)OCCO2. The van der Waals surface area contributed by atoms with Gasteiger partial charge in [0.25, 0.3) is 0 Å². The predicted molar refractivity (Wildman–Crippen MR) is 56.1 cm³/mol. The van der Waals surface area contributed by atoms with Crippen molar-refractivity contribution in [2.24, 2.45) is 0 Å². The highest BCUT2D eigenvalue weighted by Gasteiger charge is 2.38. The molecule has 0 aromatic rings. The second kappa shape index (κ2) is 4.03. The highest BCUT2D eigenvalue weighted by atomic mass is 16.7. The van der Waals surface area contributed by atoms with Crippen molar-refractivity contribution < 1.29 is 9.47 Å². The summed E-state index contributed by atoms with van der Waals surface area (Å²) in [5, 5.41) is 0. The Labute approximate surface area is 86.3 Å². The molecule has 0 radical (unpaired) electrons. The minimum Gasteiger partial charge on any atom is -0.348 e. The quantitative estimate of drug-likeness (QED) is 0.600. The van der Waals surface area contributed by atoms with Gasteiger partial charge >= 0.3 is 0 Å². The zero-order chi connectivity index (χ0) is 10.0. The molecule has 0 amide bonds. The maximum absolute atomic E-state index is 5.70. The summed E-state index contributed by atoms with van der Waals surface area (Å²) in [5.41, 5.74) is 3.20. The molecule has 1 saturated carbocycles. The van der Waals surface area contributed by atoms with E-state index in [-0.39, 0.29) is 5.79 Å². The topological polar surface area (TPSA) is 18.5 Å². The lowest BCUT2D eigenvalue weighted by atomic mass is 9.86. The van der Waals surface area contributed by atoms with Gasteiger partial charge in [0.1, 0.15) is 0 Å². The van der Waals surface area contributed by atoms with Gasteiger partial charge in [-0.25, -0.2) is 0 Å². The lowest BCUT2D eigenvalue weighted by Gasteiger charge is -2.33. The van der Waals surface area contributed by atoms with E-state index in [0.717, 1.165) is 26.1 Å². The van der Waals surface area contributed by atoms with Crippen LogP contribution in [0, 0.1) is 0 Å². The second-order valence-corrected chi connectivity index (χ2v) is 4.35. The first-order chi connectivity index (χ1) is 6.76. The lowest BCUT2D eigenvalue weighted by molar-refractivity contribution is -0.171. The molecule has 1 aliphatic heterocycles. The maximum Gasteiger partial charge on any atom is 0.169 e. The van der Waals surface area contributed by atoms with Gasteiger partial charge < -0.3 is 9.47 Å². The van der Waals surface area contributed by atoms with Crippen molar-refractivity contribution in [1.82, 2.24) is 0 Å². The van der Waals surface area contributed by atoms with E-state index in [0.29, 0.717) is 0 Å². The van der Waals surface area contributed by atoms with Crippen LogP contribution in [0.25, 0.3) is 0 Å². The molecule has 1 spiro atoms. The smallest absolute Gasteiger partial charge is 0.169 e. The summed E-state index contributed by atoms with van der Waals surface area (Å²) in [6.45, 7) is 6.05. The van der Waals surface area contributed by atoms with Gasteiger partial charge in [-0.3, -0.25) is 0 Å². The average Bonchev–Trinajstić information content (AvgIpc) is 2.67. The van der Waals surface area contributed by atoms with E-state index in [1.54, 1.807) is 11.1 Å². The first-order valence-corrected chi connectivity index (χ1v) is 5.71. The molecule has 0 N–H and O–H groups in total. The van der Waals surface area contributed by atoms with Crippen molar-refractivity contribution in [3.63, 3.8) is 0 Å². The molecule has 1 saturated heterocycles. The van der Waals surface area contributed by atoms with Gasteiger partial charge in [0.15, 0.2) is 5.79 Å². The van der Waals surface area contributed by atoms with E-state index in [1.165, 1.54) is 19.3 Å². The highest BCUT2D eigenvalue weighted by Crippen LogP contribution is 2.39. The Kier molecular flexibility index (Phi) is 2.93. The molecule has 0 aromatic heterocycles. The van der Waals surface area contributed by atoms with Gasteiger partial charge in [-0.05, 0) is 26.2 Å². The predicted octanol–water partition coefficient (Wildman–Crippen LogP) is 3.03. The number of rotatable bonds is 1. The third kappa shape index (κ3) is 1.86. The van der Waals surface area contributed by atoms with Crippen LogP contribution < -0.4 is 0 Å². The van der Waals surface area contributed by atoms with Crippen LogP contribution in [0.15, 0.2) is 11.1 Å². The molecule has 14 heavy (non-hydrogen) atoms. The van der Waals surface area contributed by atoms with Crippen molar-refractivity contribution in [2.45, 2.75) is 51.7 Å². The molecule has 2 nitrogen and oxygen atoms in total. The van der Waals surface area contributed by atoms with Gasteiger partial charge in [-0.2, -0.15) is 0 Å². The van der Waals surface area contributed by atoms with Gasteiger partial charge in [0.05, 0.1) is 13.2 Å². The van der Waals surface area contributed by atoms with Crippen LogP contribution in [0.5, 0.6) is 0 Å². The fourth-order valence-electron chi connectivity index (χ4n) is 2.40. The molecular formula is C12H20O2. The molecule has 0 atom stereocenters. The molecule has 80 valence electrons. The summed E-state index contributed by atoms with van der Waals surface area (Å²) in [4.78, 5) is 0. The van der Waals surface area contributed by atoms with Crippen molar-refractivity contribution in [3.8, 4) is 0 Å². The monoisotopic (exact) mass is 196 g/mol. The third-order valence-corrected chi connectivity index (χ3v) is 3.56. The highest BCUT2D eigenvalue weighted by molar-refractivity contribution is 5.15. The summed E-state index contributed by atoms with van der Waals surface area (Å²) >= 11 is 0. The van der Waals surface area contributed by atoms with E-state index < -0.39 is 0 Å². The van der Waals surface area contributed by atoms with Crippen molar-refractivity contribution >= 4 is 0 Å². The van der Waals surface area contributed by atoms with Gasteiger partial charge in [-0.15, -0.1) is 0 Å². The molecule has 0 unspecified atom stereocenters. The van der Waals surface area contributed by atoms with Gasteiger partial charge in [0, 0.05) is 12.8 Å². The van der Waals surface area contributed by atoms with Crippen LogP contribution in [0.4, 0.5) is 0 Å². The van der Waals surface area contributed by atoms with Crippen LogP contribution in [0.1, 0.15) is 46.0 Å². The Morgan fingerprint density at radius 1 is 1.21 bits per heavy atom. The van der Waals surface area contributed by atoms with Gasteiger partial charge in [0.2, 0.25) is 0 Å². The summed E-state index contributed by atoms with van der Waals surface area (Å²) < 4.78 is 11.4. The number of hydrogen-bond donors (Lipinski definition) is 0. The zero-order valence-corrected chi connectivity index (χ0v) is 9.27. The van der Waals surface area contributed by atoms with Crippen LogP contribution in [0.2, 0.25) is 0 Å². The second-order valence-electron chi connectivity index (χ2n) is 4.35. The number of hydrogen-bond acceptors (Lipinski definition) is 2. The van der Waals surface area contributed by atoms with Crippen molar-refractivity contribution in [2.75, 3.05) is 13.2 Å². The number of ether oxygens (including phenoxy) is 2. The first kappa shape index (κ1) is 10.2. The van der Waals surface area contributed by atoms with Gasteiger partial charge in [-0.1, -0.05) is 18.1 Å². The van der Waals surface area contributed by atoms with Crippen molar-refractivity contribution in [1.29, 1.82) is 0 Å². The Hall–Kier alpha value is -0.340. The standard InChI is InChI=1S/C12H20O2/c1-3-10(2)11-4-6-12(7-5-11)13-8-9-14-12/h3-9H2,1-2H3. The molecule has 2 aliphatic rings. The molecule has 0 aromatic carbocycles. The fraction of sp³-hybridized carbons (Fsp3) is 0.833. The summed E-state index contributed by atoms with van der Waals surface area (Å²) in [6, 6.07) is 0. The Bertz CT molecular complexity index is 225. The van der Waals surface area contributed by atoms with Crippen molar-refractivity contribution in [3.05, 3.63) is 11.1 Å². The first-order valence-electron chi connectivity index (χ1n) is 5.71. The maximum atomic E-state index is 5.70. The van der Waals surface area contributed by atoms with E-state index in [9.17, 15) is 0 Å². The van der Waals surface area contributed by atoms with E-state index in [2.05, 4.69) is 13.8 Å². The van der Waals surface area contributed by atoms with Crippen LogP contribution in [-0.4, -0.2) is 19.0 Å². The summed E-state index contributed by atoms with van der Waals surface area (Å²) in [6.07, 6.45) is 5.63. The fourth-order valence-corrected chi connectivity index (χ4v) is 2.40. The minimum absolute atomic E-state index is 0.197. The van der Waals surface area contributed by atoms with E-state index in [4.69, 9.17) is 9.47 Å².